The maximum absolute atomic E-state index is 13.4. The largest absolute Gasteiger partial charge is 0.466 e. The summed E-state index contributed by atoms with van der Waals surface area (Å²) in [5, 5.41) is 2.10. The standard InChI is InChI=1S/C36H57NO5/c1-6-8-9-10-11-12-13-14-18-21-27(40-25-26-19-16-15-17-20-26)24-29-30(34(38)39-7-2)33-37(42-29)31-28-22-23-36(5,32(31)41-33)35(28,3)4/h15-17,19-20,27-33H,6-14,18,21-25H2,1-5H3/t27-,28-,29+,30+,31-,32-,33+,36+/m1/s1. The summed E-state index contributed by atoms with van der Waals surface area (Å²) in [6, 6.07) is 10.6. The number of hydrogen-bond acceptors (Lipinski definition) is 6. The van der Waals surface area contributed by atoms with Crippen LogP contribution in [0.5, 0.6) is 0 Å². The Morgan fingerprint density at radius 2 is 1.69 bits per heavy atom. The molecule has 0 unspecified atom stereocenters. The third-order valence-corrected chi connectivity index (χ3v) is 11.5. The van der Waals surface area contributed by atoms with E-state index in [1.165, 1.54) is 69.8 Å². The van der Waals surface area contributed by atoms with E-state index in [0.717, 1.165) is 12.8 Å². The molecule has 4 aliphatic rings. The Balaban J connectivity index is 1.23. The van der Waals surface area contributed by atoms with Gasteiger partial charge < -0.3 is 14.2 Å². The van der Waals surface area contributed by atoms with Gasteiger partial charge in [0, 0.05) is 11.8 Å². The highest BCUT2D eigenvalue weighted by Gasteiger charge is 2.74. The molecular weight excluding hydrogens is 526 g/mol. The van der Waals surface area contributed by atoms with Crippen molar-refractivity contribution in [1.82, 2.24) is 5.06 Å². The van der Waals surface area contributed by atoms with E-state index in [-0.39, 0.29) is 47.4 Å². The van der Waals surface area contributed by atoms with Gasteiger partial charge in [0.25, 0.3) is 0 Å². The first-order valence-electron chi connectivity index (χ1n) is 17.2. The van der Waals surface area contributed by atoms with Crippen LogP contribution in [0.3, 0.4) is 0 Å². The molecular formula is C36H57NO5. The van der Waals surface area contributed by atoms with Crippen LogP contribution < -0.4 is 0 Å². The van der Waals surface area contributed by atoms with E-state index in [9.17, 15) is 4.79 Å². The van der Waals surface area contributed by atoms with Crippen molar-refractivity contribution in [1.29, 1.82) is 0 Å². The van der Waals surface area contributed by atoms with Crippen molar-refractivity contribution in [2.75, 3.05) is 6.61 Å². The highest BCUT2D eigenvalue weighted by atomic mass is 16.8. The molecule has 2 saturated heterocycles. The first-order chi connectivity index (χ1) is 20.3. The molecule has 0 aromatic heterocycles. The Morgan fingerprint density at radius 1 is 1.00 bits per heavy atom. The van der Waals surface area contributed by atoms with E-state index in [1.807, 2.05) is 13.0 Å². The highest BCUT2D eigenvalue weighted by molar-refractivity contribution is 5.74. The van der Waals surface area contributed by atoms with Crippen LogP contribution in [0.15, 0.2) is 30.3 Å². The lowest BCUT2D eigenvalue weighted by Gasteiger charge is -2.38. The minimum Gasteiger partial charge on any atom is -0.466 e. The molecule has 8 atom stereocenters. The summed E-state index contributed by atoms with van der Waals surface area (Å²) < 4.78 is 19.0. The number of nitrogens with zero attached hydrogens (tertiary/aromatic N) is 1. The molecule has 1 aromatic rings. The fraction of sp³-hybridized carbons (Fsp3) is 0.806. The molecule has 2 saturated carbocycles. The summed E-state index contributed by atoms with van der Waals surface area (Å²) in [7, 11) is 0. The molecule has 2 bridgehead atoms. The second-order valence-corrected chi connectivity index (χ2v) is 14.3. The molecule has 2 heterocycles. The van der Waals surface area contributed by atoms with E-state index in [1.54, 1.807) is 0 Å². The molecule has 2 aliphatic carbocycles. The van der Waals surface area contributed by atoms with E-state index in [4.69, 9.17) is 19.0 Å². The number of hydrogen-bond donors (Lipinski definition) is 0. The van der Waals surface area contributed by atoms with Crippen LogP contribution in [0.4, 0.5) is 0 Å². The smallest absolute Gasteiger partial charge is 0.315 e. The molecule has 6 heteroatoms. The number of hydroxylamine groups is 2. The van der Waals surface area contributed by atoms with Gasteiger partial charge in [0.2, 0.25) is 0 Å². The van der Waals surface area contributed by atoms with Crippen LogP contribution in [0.25, 0.3) is 0 Å². The summed E-state index contributed by atoms with van der Waals surface area (Å²) in [4.78, 5) is 20.2. The lowest BCUT2D eigenvalue weighted by molar-refractivity contribution is -0.202. The van der Waals surface area contributed by atoms with Crippen molar-refractivity contribution in [3.63, 3.8) is 0 Å². The van der Waals surface area contributed by atoms with Crippen molar-refractivity contribution in [2.24, 2.45) is 22.7 Å². The first-order valence-corrected chi connectivity index (χ1v) is 17.2. The Labute approximate surface area is 255 Å². The van der Waals surface area contributed by atoms with Gasteiger partial charge >= 0.3 is 5.97 Å². The Morgan fingerprint density at radius 3 is 2.38 bits per heavy atom. The number of ether oxygens (including phenoxy) is 3. The normalized spacial score (nSPS) is 33.5. The molecule has 4 fully saturated rings. The van der Waals surface area contributed by atoms with Gasteiger partial charge in [-0.15, -0.1) is 0 Å². The molecule has 42 heavy (non-hydrogen) atoms. The molecule has 0 spiro atoms. The van der Waals surface area contributed by atoms with E-state index >= 15 is 0 Å². The minimum atomic E-state index is -0.451. The predicted octanol–water partition coefficient (Wildman–Crippen LogP) is 8.23. The molecule has 236 valence electrons. The second-order valence-electron chi connectivity index (χ2n) is 14.3. The summed E-state index contributed by atoms with van der Waals surface area (Å²) in [5.41, 5.74) is 1.46. The number of unbranched alkanes of at least 4 members (excludes halogenated alkanes) is 8. The quantitative estimate of drug-likeness (QED) is 0.136. The number of carbonyl (C=O) groups is 1. The summed E-state index contributed by atoms with van der Waals surface area (Å²) in [6.07, 6.45) is 15.2. The zero-order chi connectivity index (χ0) is 29.7. The average Bonchev–Trinajstić information content (AvgIpc) is 3.63. The van der Waals surface area contributed by atoms with Crippen LogP contribution in [-0.4, -0.2) is 48.2 Å². The lowest BCUT2D eigenvalue weighted by atomic mass is 9.70. The van der Waals surface area contributed by atoms with Crippen LogP contribution in [0.2, 0.25) is 0 Å². The second kappa shape index (κ2) is 14.1. The first kappa shape index (κ1) is 31.9. The Hall–Kier alpha value is -1.47. The number of carbonyl (C=O) groups excluding carboxylic acids is 1. The van der Waals surface area contributed by atoms with Crippen molar-refractivity contribution < 1.29 is 23.8 Å². The molecule has 6 nitrogen and oxygen atoms in total. The van der Waals surface area contributed by atoms with Gasteiger partial charge in [0.15, 0.2) is 0 Å². The van der Waals surface area contributed by atoms with Crippen LogP contribution in [-0.2, 0) is 30.4 Å². The molecule has 0 N–H and O–H groups in total. The van der Waals surface area contributed by atoms with E-state index < -0.39 is 5.92 Å². The Kier molecular flexibility index (Phi) is 10.7. The SMILES string of the molecule is CCCCCCCCCCC[C@H](C[C@@H]1ON2[C@@H]3[C@H]4CC[C@@](C)([C@@H]3O[C@H]2[C@H]1C(=O)OCC)C4(C)C)OCc1ccccc1. The topological polar surface area (TPSA) is 57.2 Å². The fourth-order valence-electron chi connectivity index (χ4n) is 8.65. The third-order valence-electron chi connectivity index (χ3n) is 11.5. The van der Waals surface area contributed by atoms with Crippen LogP contribution in [0, 0.1) is 22.7 Å². The number of benzene rings is 1. The number of rotatable bonds is 17. The van der Waals surface area contributed by atoms with Crippen LogP contribution >= 0.6 is 0 Å². The molecule has 2 aliphatic heterocycles. The van der Waals surface area contributed by atoms with Crippen molar-refractivity contribution in [3.05, 3.63) is 35.9 Å². The van der Waals surface area contributed by atoms with Crippen molar-refractivity contribution in [2.45, 2.75) is 155 Å². The van der Waals surface area contributed by atoms with Crippen molar-refractivity contribution in [3.8, 4) is 0 Å². The van der Waals surface area contributed by atoms with E-state index in [0.29, 0.717) is 25.6 Å². The summed E-state index contributed by atoms with van der Waals surface area (Å²) in [6.45, 7) is 12.3. The number of esters is 1. The van der Waals surface area contributed by atoms with Crippen LogP contribution in [0.1, 0.15) is 124 Å². The third kappa shape index (κ3) is 6.34. The van der Waals surface area contributed by atoms with Gasteiger partial charge in [0.05, 0.1) is 37.6 Å². The summed E-state index contributed by atoms with van der Waals surface area (Å²) in [5.74, 6) is -0.143. The molecule has 5 rings (SSSR count). The lowest BCUT2D eigenvalue weighted by Crippen LogP contribution is -2.42. The highest BCUT2D eigenvalue weighted by Crippen LogP contribution is 2.70. The molecule has 0 amide bonds. The van der Waals surface area contributed by atoms with Gasteiger partial charge in [-0.1, -0.05) is 116 Å². The fourth-order valence-corrected chi connectivity index (χ4v) is 8.65. The van der Waals surface area contributed by atoms with Gasteiger partial charge in [-0.2, -0.15) is 5.06 Å². The Bertz CT molecular complexity index is 1000. The maximum Gasteiger partial charge on any atom is 0.315 e. The van der Waals surface area contributed by atoms with Gasteiger partial charge in [0.1, 0.15) is 12.1 Å². The van der Waals surface area contributed by atoms with Crippen molar-refractivity contribution >= 4 is 5.97 Å². The predicted molar refractivity (Wildman–Crippen MR) is 165 cm³/mol. The molecule has 0 radical (unpaired) electrons. The zero-order valence-electron chi connectivity index (χ0n) is 27.0. The van der Waals surface area contributed by atoms with Gasteiger partial charge in [-0.25, -0.2) is 0 Å². The van der Waals surface area contributed by atoms with E-state index in [2.05, 4.69) is 57.0 Å². The molecule has 1 aromatic carbocycles. The zero-order valence-corrected chi connectivity index (χ0v) is 27.0. The summed E-state index contributed by atoms with van der Waals surface area (Å²) >= 11 is 0. The maximum atomic E-state index is 13.4. The number of fused-ring (bicyclic) bond motifs is 7. The monoisotopic (exact) mass is 583 g/mol. The average molecular weight is 584 g/mol. The van der Waals surface area contributed by atoms with Gasteiger partial charge in [-0.3, -0.25) is 9.63 Å². The minimum absolute atomic E-state index is 0.0153. The van der Waals surface area contributed by atoms with Gasteiger partial charge in [-0.05, 0) is 43.1 Å².